The minimum Gasteiger partial charge on any atom is -0.455 e. The summed E-state index contributed by atoms with van der Waals surface area (Å²) < 4.78 is 6.85. The largest absolute Gasteiger partial charge is 0.455 e. The monoisotopic (exact) mass is 779 g/mol. The van der Waals surface area contributed by atoms with Crippen molar-refractivity contribution < 1.29 is 4.42 Å². The Balaban J connectivity index is 1.05. The lowest BCUT2D eigenvalue weighted by molar-refractivity contribution is 0.660. The van der Waals surface area contributed by atoms with Crippen LogP contribution in [0.1, 0.15) is 25.0 Å². The topological polar surface area (TPSA) is 16.4 Å². The highest BCUT2D eigenvalue weighted by molar-refractivity contribution is 6.14. The average molecular weight is 780 g/mol. The maximum Gasteiger partial charge on any atom is 0.143 e. The first-order chi connectivity index (χ1) is 30.0. The summed E-state index contributed by atoms with van der Waals surface area (Å²) in [4.78, 5) is 2.47. The molecule has 0 radical (unpaired) electrons. The van der Waals surface area contributed by atoms with Crippen LogP contribution in [-0.4, -0.2) is 0 Å². The predicted molar refractivity (Wildman–Crippen MR) is 257 cm³/mol. The van der Waals surface area contributed by atoms with Gasteiger partial charge >= 0.3 is 0 Å². The number of hydrogen-bond acceptors (Lipinski definition) is 2. The lowest BCUT2D eigenvalue weighted by Gasteiger charge is -2.30. The molecule has 0 unspecified atom stereocenters. The highest BCUT2D eigenvalue weighted by atomic mass is 16.3. The molecule has 0 atom stereocenters. The maximum absolute atomic E-state index is 6.85. The summed E-state index contributed by atoms with van der Waals surface area (Å²) in [6.07, 6.45) is 0. The molecule has 0 N–H and O–H groups in total. The van der Waals surface area contributed by atoms with Crippen molar-refractivity contribution in [3.05, 3.63) is 223 Å². The first kappa shape index (κ1) is 35.3. The van der Waals surface area contributed by atoms with E-state index in [1.165, 1.54) is 66.1 Å². The van der Waals surface area contributed by atoms with Crippen LogP contribution < -0.4 is 4.90 Å². The standard InChI is InChI=1S/C59H41NO/c1-59(2)52-27-9-7-23-50(52)57-53(59)28-14-30-55(57)60(44-33-31-38(32-34-44)40-19-11-20-43(35-40)46-24-12-18-39-15-5-6-21-45(39)46)54-29-10-8-22-47(54)48-25-13-26-49-51-36-41-16-3-4-17-42(41)37-56(51)61-58(48)49/h3-37H,1-2H3. The Morgan fingerprint density at radius 1 is 0.377 bits per heavy atom. The predicted octanol–water partition coefficient (Wildman–Crippen LogP) is 16.7. The molecule has 1 heterocycles. The Morgan fingerprint density at radius 3 is 1.84 bits per heavy atom. The first-order valence-corrected chi connectivity index (χ1v) is 21.2. The van der Waals surface area contributed by atoms with Gasteiger partial charge in [0.2, 0.25) is 0 Å². The fourth-order valence-electron chi connectivity index (χ4n) is 10.1. The molecule has 0 bridgehead atoms. The molecule has 11 aromatic rings. The van der Waals surface area contributed by atoms with Crippen LogP contribution in [0.15, 0.2) is 217 Å². The van der Waals surface area contributed by atoms with Crippen LogP contribution in [0.5, 0.6) is 0 Å². The van der Waals surface area contributed by atoms with Crippen molar-refractivity contribution in [3.63, 3.8) is 0 Å². The van der Waals surface area contributed by atoms with Crippen molar-refractivity contribution in [2.75, 3.05) is 4.90 Å². The second-order valence-corrected chi connectivity index (χ2v) is 16.9. The lowest BCUT2D eigenvalue weighted by atomic mass is 9.82. The van der Waals surface area contributed by atoms with E-state index in [0.29, 0.717) is 0 Å². The van der Waals surface area contributed by atoms with Gasteiger partial charge in [-0.2, -0.15) is 0 Å². The van der Waals surface area contributed by atoms with Crippen LogP contribution in [-0.2, 0) is 5.41 Å². The quantitative estimate of drug-likeness (QED) is 0.167. The molecular formula is C59H41NO. The third-order valence-electron chi connectivity index (χ3n) is 13.0. The van der Waals surface area contributed by atoms with Gasteiger partial charge in [0.25, 0.3) is 0 Å². The van der Waals surface area contributed by atoms with E-state index in [4.69, 9.17) is 4.42 Å². The maximum atomic E-state index is 6.85. The van der Waals surface area contributed by atoms with E-state index in [9.17, 15) is 0 Å². The normalized spacial score (nSPS) is 12.9. The van der Waals surface area contributed by atoms with Crippen LogP contribution in [0.25, 0.3) is 88.0 Å². The van der Waals surface area contributed by atoms with Gasteiger partial charge in [-0.1, -0.05) is 184 Å². The van der Waals surface area contributed by atoms with Gasteiger partial charge < -0.3 is 9.32 Å². The van der Waals surface area contributed by atoms with Gasteiger partial charge in [-0.3, -0.25) is 0 Å². The summed E-state index contributed by atoms with van der Waals surface area (Å²) in [5.74, 6) is 0. The van der Waals surface area contributed by atoms with Gasteiger partial charge in [-0.25, -0.2) is 0 Å². The molecule has 1 aliphatic carbocycles. The van der Waals surface area contributed by atoms with Crippen molar-refractivity contribution in [3.8, 4) is 44.5 Å². The molecule has 2 heteroatoms. The second kappa shape index (κ2) is 13.7. The smallest absolute Gasteiger partial charge is 0.143 e. The van der Waals surface area contributed by atoms with Crippen LogP contribution in [0, 0.1) is 0 Å². The average Bonchev–Trinajstić information content (AvgIpc) is 3.80. The number of anilines is 3. The molecule has 10 aromatic carbocycles. The number of fused-ring (bicyclic) bond motifs is 8. The highest BCUT2D eigenvalue weighted by Gasteiger charge is 2.38. The molecular weight excluding hydrogens is 739 g/mol. The van der Waals surface area contributed by atoms with E-state index in [0.717, 1.165) is 50.1 Å². The molecule has 0 spiro atoms. The Labute approximate surface area is 355 Å². The third-order valence-corrected chi connectivity index (χ3v) is 13.0. The van der Waals surface area contributed by atoms with Crippen molar-refractivity contribution >= 4 is 60.5 Å². The molecule has 0 amide bonds. The Kier molecular flexibility index (Phi) is 7.92. The van der Waals surface area contributed by atoms with Crippen LogP contribution >= 0.6 is 0 Å². The van der Waals surface area contributed by atoms with Crippen LogP contribution in [0.3, 0.4) is 0 Å². The first-order valence-electron chi connectivity index (χ1n) is 21.2. The second-order valence-electron chi connectivity index (χ2n) is 16.9. The fourth-order valence-corrected chi connectivity index (χ4v) is 10.1. The summed E-state index contributed by atoms with van der Waals surface area (Å²) in [6.45, 7) is 4.71. The summed E-state index contributed by atoms with van der Waals surface area (Å²) >= 11 is 0. The van der Waals surface area contributed by atoms with E-state index in [1.807, 2.05) is 0 Å². The minimum absolute atomic E-state index is 0.143. The van der Waals surface area contributed by atoms with Gasteiger partial charge in [0.05, 0.1) is 11.4 Å². The van der Waals surface area contributed by atoms with E-state index >= 15 is 0 Å². The zero-order valence-electron chi connectivity index (χ0n) is 34.1. The minimum atomic E-state index is -0.143. The SMILES string of the molecule is CC1(C)c2ccccc2-c2c(N(c3ccc(-c4cccc(-c5cccc6ccccc56)c4)cc3)c3ccccc3-c3cccc4c3oc3cc5ccccc5cc34)cccc21. The molecule has 2 nitrogen and oxygen atoms in total. The highest BCUT2D eigenvalue weighted by Crippen LogP contribution is 2.55. The molecule has 1 aliphatic rings. The van der Waals surface area contributed by atoms with Crippen molar-refractivity contribution in [1.29, 1.82) is 0 Å². The van der Waals surface area contributed by atoms with Gasteiger partial charge in [-0.15, -0.1) is 0 Å². The summed E-state index contributed by atoms with van der Waals surface area (Å²) in [6, 6.07) is 77.4. The van der Waals surface area contributed by atoms with Crippen molar-refractivity contribution in [2.45, 2.75) is 19.3 Å². The van der Waals surface area contributed by atoms with E-state index < -0.39 is 0 Å². The fraction of sp³-hybridized carbons (Fsp3) is 0.0508. The molecule has 12 rings (SSSR count). The third kappa shape index (κ3) is 5.56. The molecule has 288 valence electrons. The zero-order valence-corrected chi connectivity index (χ0v) is 34.1. The summed E-state index contributed by atoms with van der Waals surface area (Å²) in [5.41, 5.74) is 17.2. The Bertz CT molecular complexity index is 3510. The van der Waals surface area contributed by atoms with Gasteiger partial charge in [-0.05, 0) is 103 Å². The number of rotatable bonds is 6. The number of hydrogen-bond donors (Lipinski definition) is 0. The molecule has 61 heavy (non-hydrogen) atoms. The van der Waals surface area contributed by atoms with Crippen molar-refractivity contribution in [2.24, 2.45) is 0 Å². The van der Waals surface area contributed by atoms with Crippen molar-refractivity contribution in [1.82, 2.24) is 0 Å². The molecule has 0 saturated heterocycles. The van der Waals surface area contributed by atoms with Gasteiger partial charge in [0.15, 0.2) is 0 Å². The zero-order chi connectivity index (χ0) is 40.7. The Morgan fingerprint density at radius 2 is 0.967 bits per heavy atom. The molecule has 1 aromatic heterocycles. The van der Waals surface area contributed by atoms with Crippen LogP contribution in [0.4, 0.5) is 17.1 Å². The number of furan rings is 1. The van der Waals surface area contributed by atoms with Gasteiger partial charge in [0.1, 0.15) is 11.2 Å². The molecule has 0 fully saturated rings. The van der Waals surface area contributed by atoms with Crippen LogP contribution in [0.2, 0.25) is 0 Å². The number of benzene rings is 10. The summed E-state index contributed by atoms with van der Waals surface area (Å²) in [5, 5.41) is 7.14. The van der Waals surface area contributed by atoms with Gasteiger partial charge in [0, 0.05) is 38.6 Å². The van der Waals surface area contributed by atoms with E-state index in [2.05, 4.69) is 231 Å². The lowest BCUT2D eigenvalue weighted by Crippen LogP contribution is -2.16. The van der Waals surface area contributed by atoms with E-state index in [-0.39, 0.29) is 5.41 Å². The number of nitrogens with zero attached hydrogens (tertiary/aromatic N) is 1. The molecule has 0 saturated carbocycles. The Hall–Kier alpha value is -7.68. The summed E-state index contributed by atoms with van der Waals surface area (Å²) in [7, 11) is 0. The van der Waals surface area contributed by atoms with E-state index in [1.54, 1.807) is 0 Å². The number of para-hydroxylation sites is 2. The molecule has 0 aliphatic heterocycles.